The molecule has 1 saturated heterocycles. The predicted octanol–water partition coefficient (Wildman–Crippen LogP) is 3.48. The standard InChI is InChI=1S/C18H26N2O/c1-13(2)14-6-5-10-20(11-9-14)18(21)16-12-19-17-8-4-3-7-15(16)17/h3-4,7-8,13-14,16,19H,5-6,9-12H2,1-2H3. The zero-order valence-corrected chi connectivity index (χ0v) is 13.1. The molecule has 0 aliphatic carbocycles. The molecule has 2 atom stereocenters. The summed E-state index contributed by atoms with van der Waals surface area (Å²) in [7, 11) is 0. The molecule has 0 aromatic heterocycles. The Hall–Kier alpha value is -1.51. The number of likely N-dealkylation sites (tertiary alicyclic amines) is 1. The Labute approximate surface area is 127 Å². The Morgan fingerprint density at radius 3 is 2.86 bits per heavy atom. The van der Waals surface area contributed by atoms with Crippen LogP contribution in [0.4, 0.5) is 5.69 Å². The van der Waals surface area contributed by atoms with E-state index in [2.05, 4.69) is 36.2 Å². The van der Waals surface area contributed by atoms with Gasteiger partial charge in [0.2, 0.25) is 5.91 Å². The molecule has 0 spiro atoms. The molecule has 114 valence electrons. The van der Waals surface area contributed by atoms with Crippen molar-refractivity contribution in [2.45, 2.75) is 39.0 Å². The first-order chi connectivity index (χ1) is 10.2. The second-order valence-electron chi connectivity index (χ2n) is 6.78. The van der Waals surface area contributed by atoms with E-state index in [0.29, 0.717) is 5.91 Å². The molecular weight excluding hydrogens is 260 g/mol. The molecule has 1 amide bonds. The lowest BCUT2D eigenvalue weighted by atomic mass is 9.89. The van der Waals surface area contributed by atoms with Gasteiger partial charge in [-0.3, -0.25) is 4.79 Å². The number of amides is 1. The van der Waals surface area contributed by atoms with Crippen LogP contribution in [0.3, 0.4) is 0 Å². The topological polar surface area (TPSA) is 32.3 Å². The maximum absolute atomic E-state index is 12.9. The van der Waals surface area contributed by atoms with E-state index in [1.165, 1.54) is 12.0 Å². The lowest BCUT2D eigenvalue weighted by molar-refractivity contribution is -0.132. The van der Waals surface area contributed by atoms with Gasteiger partial charge in [-0.15, -0.1) is 0 Å². The number of hydrogen-bond acceptors (Lipinski definition) is 2. The van der Waals surface area contributed by atoms with E-state index in [-0.39, 0.29) is 5.92 Å². The third kappa shape index (κ3) is 2.92. The SMILES string of the molecule is CC(C)C1CCCN(C(=O)C2CNc3ccccc32)CC1. The Morgan fingerprint density at radius 1 is 1.24 bits per heavy atom. The third-order valence-electron chi connectivity index (χ3n) is 5.16. The van der Waals surface area contributed by atoms with Crippen LogP contribution in [-0.2, 0) is 4.79 Å². The van der Waals surface area contributed by atoms with Crippen LogP contribution >= 0.6 is 0 Å². The summed E-state index contributed by atoms with van der Waals surface area (Å²) < 4.78 is 0. The summed E-state index contributed by atoms with van der Waals surface area (Å²) >= 11 is 0. The Bertz CT molecular complexity index is 512. The molecule has 2 aliphatic rings. The average Bonchev–Trinajstić information content (AvgIpc) is 2.75. The summed E-state index contributed by atoms with van der Waals surface area (Å²) in [6.07, 6.45) is 3.57. The molecule has 1 N–H and O–H groups in total. The zero-order chi connectivity index (χ0) is 14.8. The van der Waals surface area contributed by atoms with Gasteiger partial charge in [-0.1, -0.05) is 32.0 Å². The van der Waals surface area contributed by atoms with Gasteiger partial charge in [-0.25, -0.2) is 0 Å². The molecule has 0 saturated carbocycles. The number of hydrogen-bond donors (Lipinski definition) is 1. The summed E-state index contributed by atoms with van der Waals surface area (Å²) in [6.45, 7) is 7.22. The third-order valence-corrected chi connectivity index (χ3v) is 5.16. The average molecular weight is 286 g/mol. The van der Waals surface area contributed by atoms with Gasteiger partial charge in [-0.05, 0) is 42.7 Å². The Kier molecular flexibility index (Phi) is 4.18. The van der Waals surface area contributed by atoms with Crippen molar-refractivity contribution in [1.82, 2.24) is 4.90 Å². The Morgan fingerprint density at radius 2 is 2.05 bits per heavy atom. The van der Waals surface area contributed by atoms with Crippen LogP contribution in [0, 0.1) is 11.8 Å². The first-order valence-electron chi connectivity index (χ1n) is 8.28. The van der Waals surface area contributed by atoms with Crippen molar-refractivity contribution in [3.8, 4) is 0 Å². The molecular formula is C18H26N2O. The highest BCUT2D eigenvalue weighted by molar-refractivity contribution is 5.88. The van der Waals surface area contributed by atoms with Gasteiger partial charge in [0.15, 0.2) is 0 Å². The summed E-state index contributed by atoms with van der Waals surface area (Å²) in [5.74, 6) is 1.83. The fourth-order valence-electron chi connectivity index (χ4n) is 3.73. The van der Waals surface area contributed by atoms with Crippen LogP contribution in [0.2, 0.25) is 0 Å². The first-order valence-corrected chi connectivity index (χ1v) is 8.28. The van der Waals surface area contributed by atoms with Crippen molar-refractivity contribution in [1.29, 1.82) is 0 Å². The van der Waals surface area contributed by atoms with Crippen molar-refractivity contribution >= 4 is 11.6 Å². The van der Waals surface area contributed by atoms with E-state index in [1.807, 2.05) is 12.1 Å². The summed E-state index contributed by atoms with van der Waals surface area (Å²) in [6, 6.07) is 8.22. The predicted molar refractivity (Wildman–Crippen MR) is 86.4 cm³/mol. The highest BCUT2D eigenvalue weighted by Gasteiger charge is 2.32. The quantitative estimate of drug-likeness (QED) is 0.902. The van der Waals surface area contributed by atoms with E-state index in [0.717, 1.165) is 50.0 Å². The minimum absolute atomic E-state index is 0.0109. The molecule has 21 heavy (non-hydrogen) atoms. The van der Waals surface area contributed by atoms with E-state index in [9.17, 15) is 4.79 Å². The van der Waals surface area contributed by atoms with Crippen molar-refractivity contribution in [2.75, 3.05) is 25.0 Å². The van der Waals surface area contributed by atoms with Crippen molar-refractivity contribution in [3.63, 3.8) is 0 Å². The minimum atomic E-state index is 0.0109. The number of carbonyl (C=O) groups is 1. The zero-order valence-electron chi connectivity index (χ0n) is 13.1. The van der Waals surface area contributed by atoms with Crippen molar-refractivity contribution in [3.05, 3.63) is 29.8 Å². The second kappa shape index (κ2) is 6.08. The number of rotatable bonds is 2. The van der Waals surface area contributed by atoms with E-state index < -0.39 is 0 Å². The molecule has 2 unspecified atom stereocenters. The fourth-order valence-corrected chi connectivity index (χ4v) is 3.73. The summed E-state index contributed by atoms with van der Waals surface area (Å²) in [5.41, 5.74) is 2.30. The van der Waals surface area contributed by atoms with E-state index in [1.54, 1.807) is 0 Å². The van der Waals surface area contributed by atoms with E-state index >= 15 is 0 Å². The molecule has 2 aliphatic heterocycles. The lowest BCUT2D eigenvalue weighted by Crippen LogP contribution is -2.36. The van der Waals surface area contributed by atoms with Gasteiger partial charge in [0.1, 0.15) is 0 Å². The summed E-state index contributed by atoms with van der Waals surface area (Å²) in [4.78, 5) is 15.0. The first kappa shape index (κ1) is 14.4. The van der Waals surface area contributed by atoms with Crippen molar-refractivity contribution < 1.29 is 4.79 Å². The largest absolute Gasteiger partial charge is 0.384 e. The molecule has 0 bridgehead atoms. The number of carbonyl (C=O) groups excluding carboxylic acids is 1. The van der Waals surface area contributed by atoms with E-state index in [4.69, 9.17) is 0 Å². The normalized spacial score (nSPS) is 25.4. The van der Waals surface area contributed by atoms with Gasteiger partial charge < -0.3 is 10.2 Å². The molecule has 1 aromatic carbocycles. The van der Waals surface area contributed by atoms with Crippen LogP contribution in [0.5, 0.6) is 0 Å². The maximum atomic E-state index is 12.9. The second-order valence-corrected chi connectivity index (χ2v) is 6.78. The highest BCUT2D eigenvalue weighted by atomic mass is 16.2. The monoisotopic (exact) mass is 286 g/mol. The van der Waals surface area contributed by atoms with Crippen LogP contribution in [0.15, 0.2) is 24.3 Å². The number of nitrogens with one attached hydrogen (secondary N) is 1. The smallest absolute Gasteiger partial charge is 0.231 e. The van der Waals surface area contributed by atoms with Gasteiger partial charge in [0.25, 0.3) is 0 Å². The lowest BCUT2D eigenvalue weighted by Gasteiger charge is -2.24. The van der Waals surface area contributed by atoms with Crippen LogP contribution < -0.4 is 5.32 Å². The molecule has 0 radical (unpaired) electrons. The van der Waals surface area contributed by atoms with Gasteiger partial charge in [0, 0.05) is 25.3 Å². The van der Waals surface area contributed by atoms with Crippen LogP contribution in [0.25, 0.3) is 0 Å². The molecule has 3 rings (SSSR count). The summed E-state index contributed by atoms with van der Waals surface area (Å²) in [5, 5.41) is 3.37. The Balaban J connectivity index is 1.69. The molecule has 3 heteroatoms. The number of benzene rings is 1. The number of anilines is 1. The van der Waals surface area contributed by atoms with Gasteiger partial charge in [0.05, 0.1) is 5.92 Å². The van der Waals surface area contributed by atoms with Crippen LogP contribution in [0.1, 0.15) is 44.6 Å². The molecule has 3 nitrogen and oxygen atoms in total. The maximum Gasteiger partial charge on any atom is 0.231 e. The number of nitrogens with zero attached hydrogens (tertiary/aromatic N) is 1. The molecule has 2 heterocycles. The van der Waals surface area contributed by atoms with Crippen LogP contribution in [-0.4, -0.2) is 30.4 Å². The van der Waals surface area contributed by atoms with Gasteiger partial charge >= 0.3 is 0 Å². The fraction of sp³-hybridized carbons (Fsp3) is 0.611. The van der Waals surface area contributed by atoms with Crippen molar-refractivity contribution in [2.24, 2.45) is 11.8 Å². The number of para-hydroxylation sites is 1. The van der Waals surface area contributed by atoms with Gasteiger partial charge in [-0.2, -0.15) is 0 Å². The highest BCUT2D eigenvalue weighted by Crippen LogP contribution is 2.33. The molecule has 1 fully saturated rings. The molecule has 1 aromatic rings. The number of fused-ring (bicyclic) bond motifs is 1. The minimum Gasteiger partial charge on any atom is -0.384 e.